The second kappa shape index (κ2) is 3.13. The zero-order valence-electron chi connectivity index (χ0n) is 7.00. The predicted molar refractivity (Wildman–Crippen MR) is 57.8 cm³/mol. The first-order valence-electron chi connectivity index (χ1n) is 3.87. The molecule has 0 spiro atoms. The highest BCUT2D eigenvalue weighted by Crippen LogP contribution is 2.23. The molecule has 0 saturated heterocycles. The van der Waals surface area contributed by atoms with Gasteiger partial charge >= 0.3 is 0 Å². The van der Waals surface area contributed by atoms with Gasteiger partial charge in [0.25, 0.3) is 0 Å². The Morgan fingerprint density at radius 2 is 2.08 bits per heavy atom. The quantitative estimate of drug-likeness (QED) is 0.653. The van der Waals surface area contributed by atoms with Crippen LogP contribution in [0, 0.1) is 6.92 Å². The lowest BCUT2D eigenvalue weighted by molar-refractivity contribution is 1.53. The van der Waals surface area contributed by atoms with Crippen LogP contribution in [0.4, 0.5) is 0 Å². The van der Waals surface area contributed by atoms with E-state index in [2.05, 4.69) is 0 Å². The summed E-state index contributed by atoms with van der Waals surface area (Å²) in [4.78, 5) is 11.2. The molecule has 1 aromatic carbocycles. The van der Waals surface area contributed by atoms with Crippen LogP contribution in [0.2, 0.25) is 5.02 Å². The molecule has 0 bridgehead atoms. The lowest BCUT2D eigenvalue weighted by atomic mass is 10.2. The van der Waals surface area contributed by atoms with Gasteiger partial charge < -0.3 is 0 Å². The Bertz CT molecular complexity index is 516. The Labute approximate surface area is 84.6 Å². The smallest absolute Gasteiger partial charge is 0.233 e. The van der Waals surface area contributed by atoms with E-state index in [-0.39, 0.29) is 4.74 Å². The third-order valence-electron chi connectivity index (χ3n) is 1.91. The molecule has 0 saturated carbocycles. The standard InChI is InChI=1S/C10H7ClOS/c1-6-4-10(12)13-9-3-2-7(11)5-8(6)9/h2-5H,1H3. The van der Waals surface area contributed by atoms with Crippen LogP contribution in [0.1, 0.15) is 5.56 Å². The molecule has 1 nitrogen and oxygen atoms in total. The summed E-state index contributed by atoms with van der Waals surface area (Å²) in [6, 6.07) is 7.22. The van der Waals surface area contributed by atoms with Crippen LogP contribution < -0.4 is 4.74 Å². The van der Waals surface area contributed by atoms with Crippen molar-refractivity contribution >= 4 is 33.0 Å². The highest BCUT2D eigenvalue weighted by molar-refractivity contribution is 7.16. The van der Waals surface area contributed by atoms with Gasteiger partial charge in [-0.15, -0.1) is 0 Å². The lowest BCUT2D eigenvalue weighted by Crippen LogP contribution is -1.92. The maximum Gasteiger partial charge on any atom is 0.233 e. The third-order valence-corrected chi connectivity index (χ3v) is 3.04. The van der Waals surface area contributed by atoms with Crippen LogP contribution in [0.3, 0.4) is 0 Å². The number of halogens is 1. The number of hydrogen-bond donors (Lipinski definition) is 0. The van der Waals surface area contributed by atoms with E-state index < -0.39 is 0 Å². The summed E-state index contributed by atoms with van der Waals surface area (Å²) in [6.07, 6.45) is 0. The molecule has 1 aromatic heterocycles. The fourth-order valence-corrected chi connectivity index (χ4v) is 2.38. The zero-order valence-corrected chi connectivity index (χ0v) is 8.58. The fourth-order valence-electron chi connectivity index (χ4n) is 1.29. The average Bonchev–Trinajstić information content (AvgIpc) is 2.06. The molecular weight excluding hydrogens is 204 g/mol. The molecular formula is C10H7ClOS. The summed E-state index contributed by atoms with van der Waals surface area (Å²) in [6.45, 7) is 1.92. The summed E-state index contributed by atoms with van der Waals surface area (Å²) >= 11 is 7.11. The highest BCUT2D eigenvalue weighted by atomic mass is 35.5. The van der Waals surface area contributed by atoms with Crippen LogP contribution in [0.15, 0.2) is 29.1 Å². The highest BCUT2D eigenvalue weighted by Gasteiger charge is 2.00. The SMILES string of the molecule is Cc1cc(=O)sc2ccc(Cl)cc12. The van der Waals surface area contributed by atoms with Crippen LogP contribution in [0.25, 0.3) is 10.1 Å². The average molecular weight is 211 g/mol. The van der Waals surface area contributed by atoms with Crippen LogP contribution in [0.5, 0.6) is 0 Å². The van der Waals surface area contributed by atoms with Crippen molar-refractivity contribution in [1.29, 1.82) is 0 Å². The van der Waals surface area contributed by atoms with Crippen molar-refractivity contribution < 1.29 is 0 Å². The molecule has 0 unspecified atom stereocenters. The van der Waals surface area contributed by atoms with Crippen LogP contribution in [-0.4, -0.2) is 0 Å². The summed E-state index contributed by atoms with van der Waals surface area (Å²) in [5.74, 6) is 0. The molecule has 0 aliphatic heterocycles. The fraction of sp³-hybridized carbons (Fsp3) is 0.100. The van der Waals surface area contributed by atoms with Crippen molar-refractivity contribution in [3.05, 3.63) is 44.4 Å². The Morgan fingerprint density at radius 1 is 1.31 bits per heavy atom. The molecule has 0 radical (unpaired) electrons. The number of rotatable bonds is 0. The van der Waals surface area contributed by atoms with E-state index in [1.54, 1.807) is 12.1 Å². The van der Waals surface area contributed by atoms with Crippen molar-refractivity contribution in [3.63, 3.8) is 0 Å². The van der Waals surface area contributed by atoms with Gasteiger partial charge in [0.1, 0.15) is 0 Å². The third kappa shape index (κ3) is 1.60. The molecule has 0 aliphatic carbocycles. The molecule has 3 heteroatoms. The van der Waals surface area contributed by atoms with E-state index >= 15 is 0 Å². The molecule has 2 aromatic rings. The Kier molecular flexibility index (Phi) is 2.10. The van der Waals surface area contributed by atoms with E-state index in [1.807, 2.05) is 19.1 Å². The first-order valence-corrected chi connectivity index (χ1v) is 5.06. The van der Waals surface area contributed by atoms with E-state index in [0.29, 0.717) is 5.02 Å². The summed E-state index contributed by atoms with van der Waals surface area (Å²) in [5.41, 5.74) is 0.987. The molecule has 0 amide bonds. The van der Waals surface area contributed by atoms with Gasteiger partial charge in [-0.1, -0.05) is 22.9 Å². The predicted octanol–water partition coefficient (Wildman–Crippen LogP) is 3.22. The Morgan fingerprint density at radius 3 is 2.85 bits per heavy atom. The van der Waals surface area contributed by atoms with Crippen molar-refractivity contribution in [2.24, 2.45) is 0 Å². The summed E-state index contributed by atoms with van der Waals surface area (Å²) in [5, 5.41) is 1.78. The monoisotopic (exact) mass is 210 g/mol. The van der Waals surface area contributed by atoms with Gasteiger partial charge in [0.2, 0.25) is 4.74 Å². The van der Waals surface area contributed by atoms with Gasteiger partial charge in [0.05, 0.1) is 0 Å². The number of benzene rings is 1. The van der Waals surface area contributed by atoms with Gasteiger partial charge in [-0.25, -0.2) is 0 Å². The van der Waals surface area contributed by atoms with Gasteiger partial charge in [-0.3, -0.25) is 4.79 Å². The number of fused-ring (bicyclic) bond motifs is 1. The van der Waals surface area contributed by atoms with E-state index in [9.17, 15) is 4.79 Å². The van der Waals surface area contributed by atoms with E-state index in [4.69, 9.17) is 11.6 Å². The second-order valence-electron chi connectivity index (χ2n) is 2.89. The summed E-state index contributed by atoms with van der Waals surface area (Å²) in [7, 11) is 0. The minimum absolute atomic E-state index is 0.0901. The first kappa shape index (κ1) is 8.73. The maximum absolute atomic E-state index is 11.2. The first-order chi connectivity index (χ1) is 6.16. The minimum Gasteiger partial charge on any atom is -0.278 e. The summed E-state index contributed by atoms with van der Waals surface area (Å²) < 4.78 is 1.08. The van der Waals surface area contributed by atoms with Crippen molar-refractivity contribution in [2.45, 2.75) is 6.92 Å². The lowest BCUT2D eigenvalue weighted by Gasteiger charge is -1.99. The number of aryl methyl sites for hydroxylation is 1. The molecule has 66 valence electrons. The van der Waals surface area contributed by atoms with E-state index in [0.717, 1.165) is 15.6 Å². The molecule has 13 heavy (non-hydrogen) atoms. The van der Waals surface area contributed by atoms with Gasteiger partial charge in [0.15, 0.2) is 0 Å². The van der Waals surface area contributed by atoms with Crippen LogP contribution in [-0.2, 0) is 0 Å². The zero-order chi connectivity index (χ0) is 9.42. The second-order valence-corrected chi connectivity index (χ2v) is 4.37. The largest absolute Gasteiger partial charge is 0.278 e. The van der Waals surface area contributed by atoms with Gasteiger partial charge in [-0.2, -0.15) is 0 Å². The Balaban J connectivity index is 2.95. The van der Waals surface area contributed by atoms with E-state index in [1.165, 1.54) is 11.3 Å². The molecule has 0 atom stereocenters. The van der Waals surface area contributed by atoms with Crippen molar-refractivity contribution in [1.82, 2.24) is 0 Å². The molecule has 1 heterocycles. The van der Waals surface area contributed by atoms with Gasteiger partial charge in [0, 0.05) is 9.72 Å². The van der Waals surface area contributed by atoms with Gasteiger partial charge in [-0.05, 0) is 42.1 Å². The molecule has 2 rings (SSSR count). The molecule has 0 aliphatic rings. The molecule has 0 fully saturated rings. The van der Waals surface area contributed by atoms with Crippen molar-refractivity contribution in [2.75, 3.05) is 0 Å². The topological polar surface area (TPSA) is 17.1 Å². The van der Waals surface area contributed by atoms with Crippen LogP contribution >= 0.6 is 22.9 Å². The Hall–Kier alpha value is -0.860. The van der Waals surface area contributed by atoms with Crippen molar-refractivity contribution in [3.8, 4) is 0 Å². The minimum atomic E-state index is 0.0901. The normalized spacial score (nSPS) is 10.6. The number of hydrogen-bond acceptors (Lipinski definition) is 2. The maximum atomic E-state index is 11.2. The molecule has 0 N–H and O–H groups in total.